The first-order chi connectivity index (χ1) is 12.3. The summed E-state index contributed by atoms with van der Waals surface area (Å²) >= 11 is 1.80. The number of hydrogen-bond donors (Lipinski definition) is 0. The van der Waals surface area contributed by atoms with E-state index in [1.165, 1.54) is 17.7 Å². The number of rotatable bonds is 5. The molecule has 1 saturated carbocycles. The Morgan fingerprint density at radius 2 is 2.12 bits per heavy atom. The lowest BCUT2D eigenvalue weighted by Crippen LogP contribution is -2.30. The molecule has 0 N–H and O–H groups in total. The molecule has 1 atom stereocenters. The number of thiophene rings is 1. The van der Waals surface area contributed by atoms with Crippen molar-refractivity contribution in [3.8, 4) is 0 Å². The number of imidazole rings is 1. The van der Waals surface area contributed by atoms with E-state index in [4.69, 9.17) is 0 Å². The molecule has 0 spiro atoms. The van der Waals surface area contributed by atoms with Gasteiger partial charge in [-0.3, -0.25) is 14.0 Å². The summed E-state index contributed by atoms with van der Waals surface area (Å²) in [4.78, 5) is 21.5. The first kappa shape index (κ1) is 15.3. The zero-order chi connectivity index (χ0) is 16.8. The number of likely N-dealkylation sites (tertiary alicyclic amines) is 1. The Balaban J connectivity index is 1.46. The Morgan fingerprint density at radius 1 is 1.20 bits per heavy atom. The van der Waals surface area contributed by atoms with Gasteiger partial charge in [-0.25, -0.2) is 9.78 Å². The van der Waals surface area contributed by atoms with Crippen molar-refractivity contribution in [2.45, 2.75) is 38.4 Å². The van der Waals surface area contributed by atoms with Gasteiger partial charge < -0.3 is 0 Å². The molecule has 0 aromatic carbocycles. The Bertz CT molecular complexity index is 938. The Kier molecular flexibility index (Phi) is 3.75. The van der Waals surface area contributed by atoms with Crippen molar-refractivity contribution >= 4 is 22.5 Å². The molecule has 2 aliphatic rings. The molecular formula is C19H22N4OS. The minimum absolute atomic E-state index is 0.128. The highest BCUT2D eigenvalue weighted by atomic mass is 32.1. The highest BCUT2D eigenvalue weighted by molar-refractivity contribution is 7.09. The van der Waals surface area contributed by atoms with Crippen LogP contribution in [0.5, 0.6) is 0 Å². The van der Waals surface area contributed by atoms with Gasteiger partial charge in [0.1, 0.15) is 0 Å². The van der Waals surface area contributed by atoms with E-state index < -0.39 is 0 Å². The standard InChI is InChI=1S/C19H22N4OS/c24-19-22(11-14-5-6-14)17-4-1-8-20-18(17)23(19)15-7-9-21(12-15)13-16-3-2-10-25-16/h1-4,8,10,14-15H,5-7,9,11-13H2/t15-/m1/s1. The number of fused-ring (bicyclic) bond motifs is 1. The zero-order valence-electron chi connectivity index (χ0n) is 14.2. The summed E-state index contributed by atoms with van der Waals surface area (Å²) in [5.74, 6) is 0.677. The molecule has 0 radical (unpaired) electrons. The second-order valence-corrected chi connectivity index (χ2v) is 8.34. The fourth-order valence-corrected chi connectivity index (χ4v) is 4.71. The summed E-state index contributed by atoms with van der Waals surface area (Å²) in [5.41, 5.74) is 1.98. The van der Waals surface area contributed by atoms with Crippen LogP contribution in [0, 0.1) is 5.92 Å². The largest absolute Gasteiger partial charge is 0.330 e. The highest BCUT2D eigenvalue weighted by Gasteiger charge is 2.30. The van der Waals surface area contributed by atoms with Crippen LogP contribution in [-0.4, -0.2) is 32.1 Å². The lowest BCUT2D eigenvalue weighted by Gasteiger charge is -2.15. The number of hydrogen-bond acceptors (Lipinski definition) is 4. The van der Waals surface area contributed by atoms with Gasteiger partial charge in [0.2, 0.25) is 0 Å². The van der Waals surface area contributed by atoms with Crippen LogP contribution in [0.15, 0.2) is 40.6 Å². The Hall–Kier alpha value is -1.92. The maximum Gasteiger partial charge on any atom is 0.330 e. The van der Waals surface area contributed by atoms with E-state index in [2.05, 4.69) is 27.4 Å². The Labute approximate surface area is 150 Å². The molecule has 1 aliphatic heterocycles. The third kappa shape index (κ3) is 2.83. The number of pyridine rings is 1. The molecule has 0 amide bonds. The quantitative estimate of drug-likeness (QED) is 0.707. The van der Waals surface area contributed by atoms with Crippen molar-refractivity contribution in [1.82, 2.24) is 19.0 Å². The summed E-state index contributed by atoms with van der Waals surface area (Å²) in [6, 6.07) is 8.50. The van der Waals surface area contributed by atoms with Gasteiger partial charge in [-0.15, -0.1) is 11.3 Å². The lowest BCUT2D eigenvalue weighted by atomic mass is 10.2. The summed E-state index contributed by atoms with van der Waals surface area (Å²) in [7, 11) is 0. The molecule has 6 heteroatoms. The van der Waals surface area contributed by atoms with Crippen LogP contribution in [0.4, 0.5) is 0 Å². The number of nitrogens with zero attached hydrogens (tertiary/aromatic N) is 4. The van der Waals surface area contributed by atoms with E-state index in [1.54, 1.807) is 17.5 Å². The molecule has 3 aromatic heterocycles. The molecule has 3 aromatic rings. The van der Waals surface area contributed by atoms with E-state index >= 15 is 0 Å². The highest BCUT2D eigenvalue weighted by Crippen LogP contribution is 2.32. The first-order valence-electron chi connectivity index (χ1n) is 9.10. The summed E-state index contributed by atoms with van der Waals surface area (Å²) in [5, 5.41) is 2.13. The fourth-order valence-electron chi connectivity index (χ4n) is 3.96. The van der Waals surface area contributed by atoms with Crippen LogP contribution in [0.3, 0.4) is 0 Å². The molecule has 2 fully saturated rings. The van der Waals surface area contributed by atoms with E-state index in [9.17, 15) is 4.79 Å². The molecular weight excluding hydrogens is 332 g/mol. The smallest absolute Gasteiger partial charge is 0.296 e. The van der Waals surface area contributed by atoms with Crippen molar-refractivity contribution in [3.63, 3.8) is 0 Å². The van der Waals surface area contributed by atoms with E-state index in [1.807, 2.05) is 21.3 Å². The monoisotopic (exact) mass is 354 g/mol. The zero-order valence-corrected chi connectivity index (χ0v) is 15.0. The average Bonchev–Trinajstić information content (AvgIpc) is 3.00. The van der Waals surface area contributed by atoms with E-state index in [0.29, 0.717) is 5.92 Å². The van der Waals surface area contributed by atoms with Crippen molar-refractivity contribution < 1.29 is 0 Å². The van der Waals surface area contributed by atoms with Crippen LogP contribution in [0.2, 0.25) is 0 Å². The molecule has 5 nitrogen and oxygen atoms in total. The second kappa shape index (κ2) is 6.11. The van der Waals surface area contributed by atoms with Crippen LogP contribution in [-0.2, 0) is 13.1 Å². The minimum atomic E-state index is 0.128. The van der Waals surface area contributed by atoms with E-state index in [-0.39, 0.29) is 11.7 Å². The van der Waals surface area contributed by atoms with Gasteiger partial charge in [0, 0.05) is 37.3 Å². The van der Waals surface area contributed by atoms with Crippen molar-refractivity contribution in [3.05, 3.63) is 51.2 Å². The molecule has 1 aliphatic carbocycles. The van der Waals surface area contributed by atoms with Gasteiger partial charge in [0.15, 0.2) is 5.65 Å². The third-order valence-corrected chi connectivity index (χ3v) is 6.29. The van der Waals surface area contributed by atoms with Crippen LogP contribution < -0.4 is 5.69 Å². The Morgan fingerprint density at radius 3 is 2.92 bits per heavy atom. The molecule has 25 heavy (non-hydrogen) atoms. The van der Waals surface area contributed by atoms with Gasteiger partial charge in [-0.05, 0) is 48.8 Å². The van der Waals surface area contributed by atoms with Crippen molar-refractivity contribution in [2.24, 2.45) is 5.92 Å². The van der Waals surface area contributed by atoms with Crippen LogP contribution >= 0.6 is 11.3 Å². The van der Waals surface area contributed by atoms with Gasteiger partial charge in [-0.2, -0.15) is 0 Å². The van der Waals surface area contributed by atoms with Crippen LogP contribution in [0.25, 0.3) is 11.2 Å². The summed E-state index contributed by atoms with van der Waals surface area (Å²) in [6.07, 6.45) is 5.32. The fraction of sp³-hybridized carbons (Fsp3) is 0.474. The van der Waals surface area contributed by atoms with Crippen molar-refractivity contribution in [1.29, 1.82) is 0 Å². The molecule has 0 bridgehead atoms. The van der Waals surface area contributed by atoms with Gasteiger partial charge in [-0.1, -0.05) is 6.07 Å². The first-order valence-corrected chi connectivity index (χ1v) is 9.98. The molecule has 130 valence electrons. The summed E-state index contributed by atoms with van der Waals surface area (Å²) in [6.45, 7) is 3.80. The maximum atomic E-state index is 13.1. The molecule has 5 rings (SSSR count). The maximum absolute atomic E-state index is 13.1. The average molecular weight is 354 g/mol. The normalized spacial score (nSPS) is 21.4. The number of aromatic nitrogens is 3. The minimum Gasteiger partial charge on any atom is -0.296 e. The van der Waals surface area contributed by atoms with Crippen molar-refractivity contribution in [2.75, 3.05) is 13.1 Å². The SMILES string of the molecule is O=c1n(CC2CC2)c2cccnc2n1[C@@H]1CCN(Cc2cccs2)C1. The molecule has 1 saturated heterocycles. The molecule has 0 unspecified atom stereocenters. The summed E-state index contributed by atoms with van der Waals surface area (Å²) < 4.78 is 3.92. The van der Waals surface area contributed by atoms with Gasteiger partial charge in [0.05, 0.1) is 11.6 Å². The predicted molar refractivity (Wildman–Crippen MR) is 100.0 cm³/mol. The van der Waals surface area contributed by atoms with Gasteiger partial charge >= 0.3 is 5.69 Å². The van der Waals surface area contributed by atoms with E-state index in [0.717, 1.165) is 43.8 Å². The third-order valence-electron chi connectivity index (χ3n) is 5.43. The molecule has 4 heterocycles. The van der Waals surface area contributed by atoms with Crippen LogP contribution in [0.1, 0.15) is 30.2 Å². The lowest BCUT2D eigenvalue weighted by molar-refractivity contribution is 0.318. The predicted octanol–water partition coefficient (Wildman–Crippen LogP) is 3.12. The second-order valence-electron chi connectivity index (χ2n) is 7.31. The van der Waals surface area contributed by atoms with Gasteiger partial charge in [0.25, 0.3) is 0 Å². The topological polar surface area (TPSA) is 43.1 Å².